The molecule has 0 unspecified atom stereocenters. The van der Waals surface area contributed by atoms with E-state index in [-0.39, 0.29) is 22.3 Å². The van der Waals surface area contributed by atoms with Gasteiger partial charge in [-0.25, -0.2) is 19.6 Å². The van der Waals surface area contributed by atoms with Gasteiger partial charge in [0.25, 0.3) is 0 Å². The number of fused-ring (bicyclic) bond motifs is 1. The summed E-state index contributed by atoms with van der Waals surface area (Å²) in [6, 6.07) is 8.16. The fourth-order valence-corrected chi connectivity index (χ4v) is 5.05. The van der Waals surface area contributed by atoms with Gasteiger partial charge in [-0.3, -0.25) is 0 Å². The molecule has 4 rings (SSSR count). The van der Waals surface area contributed by atoms with Gasteiger partial charge in [-0.15, -0.1) is 0 Å². The zero-order valence-electron chi connectivity index (χ0n) is 19.4. The Morgan fingerprint density at radius 3 is 2.55 bits per heavy atom. The number of aromatic nitrogens is 2. The van der Waals surface area contributed by atoms with Crippen molar-refractivity contribution in [3.8, 4) is 0 Å². The number of halogens is 1. The van der Waals surface area contributed by atoms with Crippen LogP contribution in [0.4, 0.5) is 10.6 Å². The van der Waals surface area contributed by atoms with Gasteiger partial charge in [-0.05, 0) is 51.2 Å². The molecule has 9 heteroatoms. The number of hydrogen-bond donors (Lipinski definition) is 1. The highest BCUT2D eigenvalue weighted by atomic mass is 35.5. The summed E-state index contributed by atoms with van der Waals surface area (Å²) in [7, 11) is 1.28. The van der Waals surface area contributed by atoms with Gasteiger partial charge >= 0.3 is 12.1 Å². The van der Waals surface area contributed by atoms with Crippen LogP contribution in [0.1, 0.15) is 61.3 Å². The zero-order chi connectivity index (χ0) is 23.8. The lowest BCUT2D eigenvalue weighted by molar-refractivity contribution is 0.0427. The third-order valence-corrected chi connectivity index (χ3v) is 6.62. The predicted octanol–water partition coefficient (Wildman–Crippen LogP) is 4.33. The number of esters is 1. The van der Waals surface area contributed by atoms with Crippen LogP contribution in [-0.2, 0) is 15.9 Å². The monoisotopic (exact) mass is 472 g/mol. The van der Waals surface area contributed by atoms with Crippen LogP contribution in [0.15, 0.2) is 30.5 Å². The van der Waals surface area contributed by atoms with Crippen LogP contribution in [0, 0.1) is 5.41 Å². The second-order valence-corrected chi connectivity index (χ2v) is 10.0. The normalized spacial score (nSPS) is 19.2. The summed E-state index contributed by atoms with van der Waals surface area (Å²) in [6.45, 7) is 7.04. The number of alkyl carbamates (subject to hydrolysis) is 1. The molecule has 176 valence electrons. The van der Waals surface area contributed by atoms with Gasteiger partial charge in [0.15, 0.2) is 10.8 Å². The van der Waals surface area contributed by atoms with Crippen molar-refractivity contribution in [2.75, 3.05) is 25.1 Å². The SMILES string of the molecule is COC(=O)c1ncc(N2CCC3(CC2)Cc2ccccc2[C@H]3NC(=O)OC(C)(C)C)nc1Cl. The highest BCUT2D eigenvalue weighted by molar-refractivity contribution is 6.32. The second-order valence-electron chi connectivity index (χ2n) is 9.66. The van der Waals surface area contributed by atoms with E-state index in [2.05, 4.69) is 37.1 Å². The lowest BCUT2D eigenvalue weighted by Crippen LogP contribution is -2.48. The summed E-state index contributed by atoms with van der Waals surface area (Å²) in [4.78, 5) is 35.0. The quantitative estimate of drug-likeness (QED) is 0.664. The molecule has 1 aromatic heterocycles. The molecule has 1 saturated heterocycles. The first kappa shape index (κ1) is 23.3. The Morgan fingerprint density at radius 1 is 1.21 bits per heavy atom. The molecule has 8 nitrogen and oxygen atoms in total. The van der Waals surface area contributed by atoms with Crippen molar-refractivity contribution in [1.29, 1.82) is 0 Å². The maximum absolute atomic E-state index is 12.7. The molecule has 1 spiro atoms. The number of hydrogen-bond acceptors (Lipinski definition) is 7. The smallest absolute Gasteiger partial charge is 0.408 e. The average molecular weight is 473 g/mol. The van der Waals surface area contributed by atoms with E-state index >= 15 is 0 Å². The van der Waals surface area contributed by atoms with Crippen LogP contribution in [0.2, 0.25) is 5.15 Å². The van der Waals surface area contributed by atoms with E-state index in [1.165, 1.54) is 12.7 Å². The minimum Gasteiger partial charge on any atom is -0.464 e. The minimum atomic E-state index is -0.614. The average Bonchev–Trinajstić information content (AvgIpc) is 3.05. The fourth-order valence-electron chi connectivity index (χ4n) is 4.83. The molecule has 0 bridgehead atoms. The number of carbonyl (C=O) groups excluding carboxylic acids is 2. The number of rotatable bonds is 3. The summed E-state index contributed by atoms with van der Waals surface area (Å²) in [5.74, 6) is 0.00564. The van der Waals surface area contributed by atoms with Crippen LogP contribution in [0.5, 0.6) is 0 Å². The number of nitrogens with zero attached hydrogens (tertiary/aromatic N) is 3. The van der Waals surface area contributed by atoms with Crippen LogP contribution in [-0.4, -0.2) is 47.8 Å². The summed E-state index contributed by atoms with van der Waals surface area (Å²) < 4.78 is 10.2. The number of carbonyl (C=O) groups is 2. The number of anilines is 1. The highest BCUT2D eigenvalue weighted by Crippen LogP contribution is 2.52. The third-order valence-electron chi connectivity index (χ3n) is 6.36. The molecule has 2 heterocycles. The third kappa shape index (κ3) is 4.76. The zero-order valence-corrected chi connectivity index (χ0v) is 20.1. The fraction of sp³-hybridized carbons (Fsp3) is 0.500. The number of ether oxygens (including phenoxy) is 2. The molecule has 1 fully saturated rings. The van der Waals surface area contributed by atoms with Gasteiger partial charge in [0.1, 0.15) is 11.4 Å². The topological polar surface area (TPSA) is 93.7 Å². The van der Waals surface area contributed by atoms with E-state index in [1.807, 2.05) is 32.9 Å². The number of nitrogens with one attached hydrogen (secondary N) is 1. The minimum absolute atomic E-state index is 0.00395. The van der Waals surface area contributed by atoms with E-state index in [4.69, 9.17) is 16.3 Å². The molecule has 1 aromatic carbocycles. The molecular formula is C24H29ClN4O4. The molecule has 0 saturated carbocycles. The Kier molecular flexibility index (Phi) is 6.22. The highest BCUT2D eigenvalue weighted by Gasteiger charge is 2.48. The molecule has 0 radical (unpaired) electrons. The van der Waals surface area contributed by atoms with E-state index in [0.717, 1.165) is 37.9 Å². The van der Waals surface area contributed by atoms with Crippen molar-refractivity contribution < 1.29 is 19.1 Å². The van der Waals surface area contributed by atoms with Gasteiger partial charge in [0, 0.05) is 18.5 Å². The molecule has 1 amide bonds. The number of methoxy groups -OCH3 is 1. The first-order valence-corrected chi connectivity index (χ1v) is 11.4. The maximum Gasteiger partial charge on any atom is 0.408 e. The Hall–Kier alpha value is -2.87. The van der Waals surface area contributed by atoms with Gasteiger partial charge < -0.3 is 19.7 Å². The van der Waals surface area contributed by atoms with Crippen LogP contribution in [0.25, 0.3) is 0 Å². The van der Waals surface area contributed by atoms with E-state index in [9.17, 15) is 9.59 Å². The Bertz CT molecular complexity index is 1060. The molecule has 33 heavy (non-hydrogen) atoms. The van der Waals surface area contributed by atoms with Crippen molar-refractivity contribution in [2.45, 2.75) is 51.7 Å². The van der Waals surface area contributed by atoms with Gasteiger partial charge in [-0.1, -0.05) is 35.9 Å². The number of amides is 1. The van der Waals surface area contributed by atoms with Gasteiger partial charge in [0.2, 0.25) is 0 Å². The number of piperidine rings is 1. The molecular weight excluding hydrogens is 444 g/mol. The Morgan fingerprint density at radius 2 is 1.91 bits per heavy atom. The molecule has 2 aliphatic rings. The van der Waals surface area contributed by atoms with E-state index < -0.39 is 17.7 Å². The van der Waals surface area contributed by atoms with Gasteiger partial charge in [0.05, 0.1) is 19.3 Å². The summed E-state index contributed by atoms with van der Waals surface area (Å²) in [5, 5.41) is 3.19. The molecule has 1 N–H and O–H groups in total. The molecule has 1 atom stereocenters. The van der Waals surface area contributed by atoms with Crippen molar-refractivity contribution in [3.63, 3.8) is 0 Å². The lowest BCUT2D eigenvalue weighted by atomic mass is 9.72. The van der Waals surface area contributed by atoms with Crippen LogP contribution >= 0.6 is 11.6 Å². The largest absolute Gasteiger partial charge is 0.464 e. The lowest BCUT2D eigenvalue weighted by Gasteiger charge is -2.43. The summed E-state index contributed by atoms with van der Waals surface area (Å²) >= 11 is 6.17. The van der Waals surface area contributed by atoms with Crippen LogP contribution in [0.3, 0.4) is 0 Å². The van der Waals surface area contributed by atoms with Gasteiger partial charge in [-0.2, -0.15) is 0 Å². The van der Waals surface area contributed by atoms with E-state index in [1.54, 1.807) is 6.20 Å². The second kappa shape index (κ2) is 8.82. The summed E-state index contributed by atoms with van der Waals surface area (Å²) in [5.41, 5.74) is 1.75. The van der Waals surface area contributed by atoms with Crippen molar-refractivity contribution >= 4 is 29.5 Å². The van der Waals surface area contributed by atoms with Crippen molar-refractivity contribution in [3.05, 3.63) is 52.4 Å². The molecule has 1 aliphatic carbocycles. The predicted molar refractivity (Wildman–Crippen MR) is 125 cm³/mol. The number of benzene rings is 1. The Labute approximate surface area is 198 Å². The first-order valence-electron chi connectivity index (χ1n) is 11.0. The molecule has 2 aromatic rings. The van der Waals surface area contributed by atoms with Crippen LogP contribution < -0.4 is 10.2 Å². The van der Waals surface area contributed by atoms with Crippen molar-refractivity contribution in [2.24, 2.45) is 5.41 Å². The van der Waals surface area contributed by atoms with E-state index in [0.29, 0.717) is 5.82 Å². The Balaban J connectivity index is 1.52. The standard InChI is InChI=1S/C24H29ClN4O4/c1-23(2,3)33-22(31)28-19-16-8-6-5-7-15(16)13-24(19)9-11-29(12-10-24)17-14-26-18(20(25)27-17)21(30)32-4/h5-8,14,19H,9-13H2,1-4H3,(H,28,31)/t19-/m1/s1. The maximum atomic E-state index is 12.7. The first-order chi connectivity index (χ1) is 15.6. The molecule has 1 aliphatic heterocycles. The van der Waals surface area contributed by atoms with Crippen molar-refractivity contribution in [1.82, 2.24) is 15.3 Å². The summed E-state index contributed by atoms with van der Waals surface area (Å²) in [6.07, 6.45) is 3.74.